The molecule has 2 aromatic carbocycles. The van der Waals surface area contributed by atoms with Crippen molar-refractivity contribution < 1.29 is 31.5 Å². The number of ketones is 1. The molecule has 2 aromatic rings. The number of carbonyl (C=O) groups excluding carboxylic acids is 1. The lowest BCUT2D eigenvalue weighted by molar-refractivity contribution is -0.137. The third kappa shape index (κ3) is 7.04. The summed E-state index contributed by atoms with van der Waals surface area (Å²) >= 11 is 0. The van der Waals surface area contributed by atoms with Crippen LogP contribution in [-0.2, 0) is 15.7 Å². The van der Waals surface area contributed by atoms with Crippen molar-refractivity contribution in [2.75, 3.05) is 5.32 Å². The van der Waals surface area contributed by atoms with Gasteiger partial charge in [-0.2, -0.15) is 22.0 Å². The predicted octanol–water partition coefficient (Wildman–Crippen LogP) is 5.03. The number of hydrogen-bond acceptors (Lipinski definition) is 6. The Balaban J connectivity index is 2.34. The number of carbonyl (C=O) groups is 1. The molecule has 0 aliphatic rings. The summed E-state index contributed by atoms with van der Waals surface area (Å²) in [6.07, 6.45) is -1.86. The molecule has 0 radical (unpaired) electrons. The van der Waals surface area contributed by atoms with E-state index in [1.54, 1.807) is 30.3 Å². The monoisotopic (exact) mass is 452 g/mol. The van der Waals surface area contributed by atoms with Crippen molar-refractivity contribution in [1.29, 1.82) is 5.41 Å². The van der Waals surface area contributed by atoms with Crippen molar-refractivity contribution in [3.05, 3.63) is 84.4 Å². The highest BCUT2D eigenvalue weighted by Gasteiger charge is 2.30. The zero-order valence-corrected chi connectivity index (χ0v) is 16.2. The lowest BCUT2D eigenvalue weighted by Gasteiger charge is -2.12. The SMILES string of the molecule is N=C(C(=O)/C(=C\Nc1cccc(C(F)(F)F)c1)OC(F)F)C(C=CN)=Nc1ccccc1. The quantitative estimate of drug-likeness (QED) is 0.215. The second-order valence-corrected chi connectivity index (χ2v) is 6.01. The first-order chi connectivity index (χ1) is 15.1. The Morgan fingerprint density at radius 1 is 1.12 bits per heavy atom. The number of anilines is 1. The lowest BCUT2D eigenvalue weighted by atomic mass is 10.1. The number of para-hydroxylation sites is 1. The number of ether oxygens (including phenoxy) is 1. The van der Waals surface area contributed by atoms with Crippen LogP contribution < -0.4 is 11.1 Å². The van der Waals surface area contributed by atoms with Crippen LogP contribution >= 0.6 is 0 Å². The number of alkyl halides is 5. The van der Waals surface area contributed by atoms with Crippen LogP contribution in [0, 0.1) is 5.41 Å². The number of Topliss-reactive ketones (excluding diaryl/α,β-unsaturated/α-hetero) is 1. The predicted molar refractivity (Wildman–Crippen MR) is 110 cm³/mol. The Morgan fingerprint density at radius 2 is 1.81 bits per heavy atom. The lowest BCUT2D eigenvalue weighted by Crippen LogP contribution is -2.26. The van der Waals surface area contributed by atoms with Gasteiger partial charge < -0.3 is 15.8 Å². The van der Waals surface area contributed by atoms with Crippen molar-refractivity contribution in [2.24, 2.45) is 10.7 Å². The molecular formula is C21H17F5N4O2. The fourth-order valence-electron chi connectivity index (χ4n) is 2.33. The van der Waals surface area contributed by atoms with E-state index >= 15 is 0 Å². The van der Waals surface area contributed by atoms with Gasteiger partial charge in [0, 0.05) is 11.9 Å². The third-order valence-electron chi connectivity index (χ3n) is 3.74. The fraction of sp³-hybridized carbons (Fsp3) is 0.0952. The van der Waals surface area contributed by atoms with Crippen LogP contribution in [0.2, 0.25) is 0 Å². The highest BCUT2D eigenvalue weighted by Crippen LogP contribution is 2.30. The molecule has 0 aromatic heterocycles. The van der Waals surface area contributed by atoms with Gasteiger partial charge in [-0.1, -0.05) is 24.3 Å². The topological polar surface area (TPSA) is 101 Å². The minimum absolute atomic E-state index is 0.144. The van der Waals surface area contributed by atoms with E-state index in [4.69, 9.17) is 11.1 Å². The van der Waals surface area contributed by atoms with Gasteiger partial charge in [-0.25, -0.2) is 4.99 Å². The summed E-state index contributed by atoms with van der Waals surface area (Å²) in [5, 5.41) is 10.3. The van der Waals surface area contributed by atoms with Gasteiger partial charge in [-0.05, 0) is 42.6 Å². The van der Waals surface area contributed by atoms with Crippen LogP contribution in [0.1, 0.15) is 5.56 Å². The van der Waals surface area contributed by atoms with E-state index in [9.17, 15) is 26.7 Å². The molecule has 4 N–H and O–H groups in total. The molecule has 0 atom stereocenters. The number of nitrogens with zero attached hydrogens (tertiary/aromatic N) is 1. The van der Waals surface area contributed by atoms with Gasteiger partial charge in [0.15, 0.2) is 5.76 Å². The Morgan fingerprint density at radius 3 is 2.41 bits per heavy atom. The second-order valence-electron chi connectivity index (χ2n) is 6.01. The highest BCUT2D eigenvalue weighted by molar-refractivity contribution is 6.71. The molecule has 0 fully saturated rings. The molecule has 0 unspecified atom stereocenters. The van der Waals surface area contributed by atoms with Crippen LogP contribution in [0.25, 0.3) is 0 Å². The minimum Gasteiger partial charge on any atom is -0.429 e. The number of benzene rings is 2. The average molecular weight is 452 g/mol. The molecule has 0 aliphatic carbocycles. The average Bonchev–Trinajstić information content (AvgIpc) is 2.75. The van der Waals surface area contributed by atoms with E-state index in [2.05, 4.69) is 15.0 Å². The summed E-state index contributed by atoms with van der Waals surface area (Å²) in [7, 11) is 0. The number of halogens is 5. The molecule has 11 heteroatoms. The summed E-state index contributed by atoms with van der Waals surface area (Å²) in [5.41, 5.74) is 3.48. The maximum atomic E-state index is 12.8. The number of nitrogens with one attached hydrogen (secondary N) is 2. The first-order valence-corrected chi connectivity index (χ1v) is 8.86. The van der Waals surface area contributed by atoms with Crippen LogP contribution in [-0.4, -0.2) is 23.8 Å². The molecule has 6 nitrogen and oxygen atoms in total. The van der Waals surface area contributed by atoms with E-state index < -0.39 is 35.6 Å². The van der Waals surface area contributed by atoms with E-state index in [0.29, 0.717) is 18.0 Å². The number of aliphatic imine (C=N–C) groups is 1. The number of rotatable bonds is 9. The Kier molecular flexibility index (Phi) is 8.22. The van der Waals surface area contributed by atoms with E-state index in [1.807, 2.05) is 0 Å². The maximum Gasteiger partial charge on any atom is 0.416 e. The molecule has 0 spiro atoms. The van der Waals surface area contributed by atoms with Crippen molar-refractivity contribution in [3.63, 3.8) is 0 Å². The second kappa shape index (κ2) is 10.8. The first kappa shape index (κ1) is 24.3. The van der Waals surface area contributed by atoms with E-state index in [1.165, 1.54) is 6.07 Å². The molecule has 0 amide bonds. The largest absolute Gasteiger partial charge is 0.429 e. The van der Waals surface area contributed by atoms with Crippen molar-refractivity contribution in [1.82, 2.24) is 0 Å². The zero-order chi connectivity index (χ0) is 23.7. The fourth-order valence-corrected chi connectivity index (χ4v) is 2.33. The Bertz CT molecular complexity index is 1050. The normalized spacial score (nSPS) is 12.8. The van der Waals surface area contributed by atoms with Gasteiger partial charge in [0.05, 0.1) is 17.0 Å². The van der Waals surface area contributed by atoms with Gasteiger partial charge in [-0.15, -0.1) is 0 Å². The highest BCUT2D eigenvalue weighted by atomic mass is 19.4. The molecular weight excluding hydrogens is 435 g/mol. The molecule has 2 rings (SSSR count). The van der Waals surface area contributed by atoms with Crippen LogP contribution in [0.4, 0.5) is 33.3 Å². The Hall–Kier alpha value is -4.02. The van der Waals surface area contributed by atoms with Crippen LogP contribution in [0.3, 0.4) is 0 Å². The standard InChI is InChI=1S/C21H17F5N4O2/c22-20(23)32-17(12-29-15-8-4-5-13(11-15)21(24,25)26)19(31)18(28)16(9-10-27)30-14-6-2-1-3-7-14/h1-12,20,28-29H,27H2/b10-9?,17-12+,28-18?,30-16?. The van der Waals surface area contributed by atoms with Gasteiger partial charge >= 0.3 is 12.8 Å². The minimum atomic E-state index is -4.63. The molecule has 0 heterocycles. The molecule has 0 bridgehead atoms. The first-order valence-electron chi connectivity index (χ1n) is 8.86. The van der Waals surface area contributed by atoms with Crippen molar-refractivity contribution >= 4 is 28.6 Å². The third-order valence-corrected chi connectivity index (χ3v) is 3.74. The molecule has 32 heavy (non-hydrogen) atoms. The smallest absolute Gasteiger partial charge is 0.416 e. The summed E-state index contributed by atoms with van der Waals surface area (Å²) in [6, 6.07) is 12.0. The van der Waals surface area contributed by atoms with Gasteiger partial charge in [0.2, 0.25) is 5.78 Å². The van der Waals surface area contributed by atoms with Gasteiger partial charge in [0.1, 0.15) is 5.71 Å². The van der Waals surface area contributed by atoms with Crippen molar-refractivity contribution in [3.8, 4) is 0 Å². The molecule has 0 saturated heterocycles. The van der Waals surface area contributed by atoms with Gasteiger partial charge in [0.25, 0.3) is 0 Å². The van der Waals surface area contributed by atoms with E-state index in [0.717, 1.165) is 24.4 Å². The van der Waals surface area contributed by atoms with Crippen molar-refractivity contribution in [2.45, 2.75) is 12.8 Å². The zero-order valence-electron chi connectivity index (χ0n) is 16.2. The van der Waals surface area contributed by atoms with Crippen LogP contribution in [0.5, 0.6) is 0 Å². The summed E-state index contributed by atoms with van der Waals surface area (Å²) in [5.74, 6) is -2.30. The Labute approximate surface area is 179 Å². The van der Waals surface area contributed by atoms with Crippen LogP contribution in [0.15, 0.2) is 83.8 Å². The molecule has 0 saturated carbocycles. The molecule has 168 valence electrons. The number of allylic oxidation sites excluding steroid dienone is 2. The summed E-state index contributed by atoms with van der Waals surface area (Å²) < 4.78 is 68.3. The van der Waals surface area contributed by atoms with E-state index in [-0.39, 0.29) is 11.4 Å². The maximum absolute atomic E-state index is 12.8. The number of nitrogens with two attached hydrogens (primary N) is 1. The summed E-state index contributed by atoms with van der Waals surface area (Å²) in [6.45, 7) is -3.43. The number of hydrogen-bond donors (Lipinski definition) is 3. The van der Waals surface area contributed by atoms with Gasteiger partial charge in [-0.3, -0.25) is 10.2 Å². The molecule has 0 aliphatic heterocycles. The summed E-state index contributed by atoms with van der Waals surface area (Å²) in [4.78, 5) is 16.7.